The molecule has 0 saturated carbocycles. The van der Waals surface area contributed by atoms with E-state index in [9.17, 15) is 4.79 Å². The number of rotatable bonds is 8. The highest BCUT2D eigenvalue weighted by molar-refractivity contribution is 5.89. The molecular formula is C26H28N4O2. The van der Waals surface area contributed by atoms with E-state index >= 15 is 0 Å². The lowest BCUT2D eigenvalue weighted by atomic mass is 10.1. The van der Waals surface area contributed by atoms with E-state index in [2.05, 4.69) is 47.0 Å². The smallest absolute Gasteiger partial charge is 0.319 e. The van der Waals surface area contributed by atoms with Gasteiger partial charge in [-0.15, -0.1) is 0 Å². The van der Waals surface area contributed by atoms with Gasteiger partial charge in [-0.1, -0.05) is 73.8 Å². The van der Waals surface area contributed by atoms with Crippen LogP contribution in [0.2, 0.25) is 0 Å². The summed E-state index contributed by atoms with van der Waals surface area (Å²) >= 11 is 0. The first-order valence-electron chi connectivity index (χ1n) is 10.0. The van der Waals surface area contributed by atoms with Crippen LogP contribution in [0.25, 0.3) is 12.2 Å². The fourth-order valence-corrected chi connectivity index (χ4v) is 2.85. The van der Waals surface area contributed by atoms with Gasteiger partial charge in [0.25, 0.3) is 0 Å². The SMILES string of the molecule is C=Cc1ccc(NCc2cccc(CNC(=O)Nc3ccc(C=C)cc3)c2)cc1.NC=O. The average Bonchev–Trinajstić information content (AvgIpc) is 2.83. The van der Waals surface area contributed by atoms with Gasteiger partial charge in [-0.3, -0.25) is 4.79 Å². The van der Waals surface area contributed by atoms with E-state index in [-0.39, 0.29) is 12.4 Å². The number of urea groups is 1. The van der Waals surface area contributed by atoms with Crippen LogP contribution in [0.3, 0.4) is 0 Å². The number of hydrogen-bond acceptors (Lipinski definition) is 3. The van der Waals surface area contributed by atoms with Crippen molar-refractivity contribution in [2.24, 2.45) is 5.73 Å². The van der Waals surface area contributed by atoms with Gasteiger partial charge in [0.05, 0.1) is 0 Å². The minimum Gasteiger partial charge on any atom is -0.381 e. The number of hydrogen-bond donors (Lipinski definition) is 4. The third kappa shape index (κ3) is 8.20. The highest BCUT2D eigenvalue weighted by Crippen LogP contribution is 2.13. The minimum atomic E-state index is -0.234. The largest absolute Gasteiger partial charge is 0.381 e. The Morgan fingerprint density at radius 3 is 1.84 bits per heavy atom. The standard InChI is InChI=1S/C25H25N3O.CH3NO/c1-3-19-8-12-23(13-9-19)26-17-21-6-5-7-22(16-21)18-27-25(29)28-24-14-10-20(4-2)11-15-24;2-1-3/h3-16,26H,1-2,17-18H2,(H2,27,28,29);1H,(H2,2,3). The van der Waals surface area contributed by atoms with Crippen molar-refractivity contribution in [3.8, 4) is 0 Å². The Balaban J connectivity index is 0.00000114. The van der Waals surface area contributed by atoms with E-state index in [1.54, 1.807) is 6.08 Å². The number of primary amides is 1. The number of amides is 3. The zero-order valence-electron chi connectivity index (χ0n) is 17.9. The molecule has 0 unspecified atom stereocenters. The van der Waals surface area contributed by atoms with Crippen LogP contribution < -0.4 is 21.7 Å². The predicted octanol–water partition coefficient (Wildman–Crippen LogP) is 5.01. The summed E-state index contributed by atoms with van der Waals surface area (Å²) in [5.74, 6) is 0. The lowest BCUT2D eigenvalue weighted by molar-refractivity contribution is -0.106. The molecule has 6 nitrogen and oxygen atoms in total. The average molecular weight is 429 g/mol. The third-order valence-corrected chi connectivity index (χ3v) is 4.49. The number of anilines is 2. The fraction of sp³-hybridized carbons (Fsp3) is 0.0769. The third-order valence-electron chi connectivity index (χ3n) is 4.49. The lowest BCUT2D eigenvalue weighted by Gasteiger charge is -2.10. The van der Waals surface area contributed by atoms with E-state index in [1.165, 1.54) is 0 Å². The molecule has 3 aromatic rings. The van der Waals surface area contributed by atoms with Crippen LogP contribution in [0.4, 0.5) is 16.2 Å². The summed E-state index contributed by atoms with van der Waals surface area (Å²) in [5.41, 5.74) is 10.3. The number of benzene rings is 3. The van der Waals surface area contributed by atoms with Crippen molar-refractivity contribution >= 4 is 36.0 Å². The first-order valence-corrected chi connectivity index (χ1v) is 10.0. The molecule has 3 aromatic carbocycles. The first kappa shape index (κ1) is 24.0. The molecule has 3 rings (SSSR count). The molecular weight excluding hydrogens is 400 g/mol. The molecule has 0 aliphatic rings. The van der Waals surface area contributed by atoms with Crippen LogP contribution in [-0.2, 0) is 17.9 Å². The van der Waals surface area contributed by atoms with Crippen molar-refractivity contribution in [3.05, 3.63) is 108 Å². The Morgan fingerprint density at radius 1 is 0.812 bits per heavy atom. The van der Waals surface area contributed by atoms with Gasteiger partial charge >= 0.3 is 6.03 Å². The topological polar surface area (TPSA) is 96.2 Å². The monoisotopic (exact) mass is 428 g/mol. The summed E-state index contributed by atoms with van der Waals surface area (Å²) in [6.45, 7) is 8.66. The Hall–Kier alpha value is -4.32. The summed E-state index contributed by atoms with van der Waals surface area (Å²) in [6.07, 6.45) is 3.84. The van der Waals surface area contributed by atoms with Crippen LogP contribution in [0.1, 0.15) is 22.3 Å². The second-order valence-corrected chi connectivity index (χ2v) is 6.77. The van der Waals surface area contributed by atoms with E-state index in [0.29, 0.717) is 13.1 Å². The van der Waals surface area contributed by atoms with Crippen LogP contribution >= 0.6 is 0 Å². The molecule has 0 spiro atoms. The molecule has 0 aliphatic carbocycles. The molecule has 3 amide bonds. The maximum atomic E-state index is 12.1. The maximum Gasteiger partial charge on any atom is 0.319 e. The summed E-state index contributed by atoms with van der Waals surface area (Å²) in [7, 11) is 0. The van der Waals surface area contributed by atoms with Crippen molar-refractivity contribution in [3.63, 3.8) is 0 Å². The Labute approximate surface area is 188 Å². The fourth-order valence-electron chi connectivity index (χ4n) is 2.85. The van der Waals surface area contributed by atoms with Crippen molar-refractivity contribution in [1.82, 2.24) is 5.32 Å². The van der Waals surface area contributed by atoms with Gasteiger partial charge in [-0.05, 0) is 46.5 Å². The first-order chi connectivity index (χ1) is 15.6. The quantitative estimate of drug-likeness (QED) is 0.380. The van der Waals surface area contributed by atoms with Gasteiger partial charge in [-0.25, -0.2) is 4.79 Å². The van der Waals surface area contributed by atoms with Gasteiger partial charge in [0.1, 0.15) is 0 Å². The Bertz CT molecular complexity index is 1030. The number of carbonyl (C=O) groups excluding carboxylic acids is 2. The van der Waals surface area contributed by atoms with Gasteiger partial charge in [0.15, 0.2) is 0 Å². The normalized spacial score (nSPS) is 9.50. The Morgan fingerprint density at radius 2 is 1.31 bits per heavy atom. The number of nitrogens with two attached hydrogens (primary N) is 1. The molecule has 0 saturated heterocycles. The predicted molar refractivity (Wildman–Crippen MR) is 133 cm³/mol. The molecule has 0 fully saturated rings. The van der Waals surface area contributed by atoms with Crippen LogP contribution in [0, 0.1) is 0 Å². The van der Waals surface area contributed by atoms with Crippen LogP contribution in [0.5, 0.6) is 0 Å². The van der Waals surface area contributed by atoms with Crippen molar-refractivity contribution in [2.75, 3.05) is 10.6 Å². The molecule has 5 N–H and O–H groups in total. The molecule has 32 heavy (non-hydrogen) atoms. The molecule has 6 heteroatoms. The van der Waals surface area contributed by atoms with Crippen LogP contribution in [-0.4, -0.2) is 12.4 Å². The number of carbonyl (C=O) groups is 2. The van der Waals surface area contributed by atoms with Gasteiger partial charge in [0, 0.05) is 24.5 Å². The molecule has 0 radical (unpaired) electrons. The zero-order valence-corrected chi connectivity index (χ0v) is 17.9. The molecule has 0 aliphatic heterocycles. The molecule has 0 heterocycles. The van der Waals surface area contributed by atoms with Crippen molar-refractivity contribution in [2.45, 2.75) is 13.1 Å². The van der Waals surface area contributed by atoms with E-state index in [4.69, 9.17) is 4.79 Å². The highest BCUT2D eigenvalue weighted by Gasteiger charge is 2.03. The molecule has 0 aromatic heterocycles. The van der Waals surface area contributed by atoms with E-state index in [0.717, 1.165) is 33.6 Å². The number of nitrogens with one attached hydrogen (secondary N) is 3. The van der Waals surface area contributed by atoms with E-state index < -0.39 is 0 Å². The second-order valence-electron chi connectivity index (χ2n) is 6.77. The maximum absolute atomic E-state index is 12.1. The Kier molecular flexibility index (Phi) is 9.79. The zero-order chi connectivity index (χ0) is 23.2. The molecule has 0 bridgehead atoms. The summed E-state index contributed by atoms with van der Waals surface area (Å²) in [5, 5.41) is 9.13. The van der Waals surface area contributed by atoms with Gasteiger partial charge in [-0.2, -0.15) is 0 Å². The molecule has 164 valence electrons. The summed E-state index contributed by atoms with van der Waals surface area (Å²) in [4.78, 5) is 20.7. The lowest BCUT2D eigenvalue weighted by Crippen LogP contribution is -2.28. The summed E-state index contributed by atoms with van der Waals surface area (Å²) < 4.78 is 0. The van der Waals surface area contributed by atoms with Crippen molar-refractivity contribution in [1.29, 1.82) is 0 Å². The van der Waals surface area contributed by atoms with Crippen LogP contribution in [0.15, 0.2) is 86.0 Å². The molecule has 0 atom stereocenters. The highest BCUT2D eigenvalue weighted by atomic mass is 16.2. The minimum absolute atomic E-state index is 0.234. The summed E-state index contributed by atoms with van der Waals surface area (Å²) in [6, 6.07) is 23.6. The second kappa shape index (κ2) is 13.1. The van der Waals surface area contributed by atoms with Gasteiger partial charge < -0.3 is 21.7 Å². The van der Waals surface area contributed by atoms with Crippen molar-refractivity contribution < 1.29 is 9.59 Å². The van der Waals surface area contributed by atoms with Gasteiger partial charge in [0.2, 0.25) is 6.41 Å². The van der Waals surface area contributed by atoms with E-state index in [1.807, 2.05) is 66.7 Å².